The molecule has 0 aliphatic heterocycles. The van der Waals surface area contributed by atoms with Gasteiger partial charge in [0.15, 0.2) is 5.78 Å². The van der Waals surface area contributed by atoms with E-state index in [1.807, 2.05) is 42.5 Å². The molecule has 0 fully saturated rings. The summed E-state index contributed by atoms with van der Waals surface area (Å²) >= 11 is 3.42. The third kappa shape index (κ3) is 2.57. The van der Waals surface area contributed by atoms with Crippen LogP contribution in [0.5, 0.6) is 5.75 Å². The molecule has 0 heterocycles. The van der Waals surface area contributed by atoms with Crippen molar-refractivity contribution in [2.75, 3.05) is 7.11 Å². The Bertz CT molecular complexity index is 819. The number of halogens is 1. The average molecular weight is 341 g/mol. The van der Waals surface area contributed by atoms with Crippen molar-refractivity contribution >= 4 is 32.5 Å². The van der Waals surface area contributed by atoms with Crippen molar-refractivity contribution in [3.05, 3.63) is 76.3 Å². The van der Waals surface area contributed by atoms with Crippen LogP contribution < -0.4 is 4.74 Å². The summed E-state index contributed by atoms with van der Waals surface area (Å²) in [4.78, 5) is 12.8. The summed E-state index contributed by atoms with van der Waals surface area (Å²) in [5.74, 6) is 0.722. The number of hydrogen-bond acceptors (Lipinski definition) is 2. The molecule has 2 nitrogen and oxygen atoms in total. The van der Waals surface area contributed by atoms with Gasteiger partial charge in [-0.05, 0) is 44.9 Å². The van der Waals surface area contributed by atoms with Crippen LogP contribution in [0, 0.1) is 0 Å². The molecule has 0 aliphatic rings. The summed E-state index contributed by atoms with van der Waals surface area (Å²) in [6.07, 6.45) is 0. The molecular formula is C18H13BrO2. The first-order chi connectivity index (χ1) is 10.2. The van der Waals surface area contributed by atoms with Crippen molar-refractivity contribution in [3.8, 4) is 5.75 Å². The Balaban J connectivity index is 2.10. The fourth-order valence-corrected chi connectivity index (χ4v) is 2.93. The van der Waals surface area contributed by atoms with Gasteiger partial charge in [-0.2, -0.15) is 0 Å². The van der Waals surface area contributed by atoms with Crippen LogP contribution in [0.4, 0.5) is 0 Å². The van der Waals surface area contributed by atoms with Crippen molar-refractivity contribution < 1.29 is 9.53 Å². The van der Waals surface area contributed by atoms with E-state index in [1.165, 1.54) is 0 Å². The highest BCUT2D eigenvalue weighted by molar-refractivity contribution is 9.10. The van der Waals surface area contributed by atoms with Gasteiger partial charge < -0.3 is 4.74 Å². The lowest BCUT2D eigenvalue weighted by Gasteiger charge is -2.08. The number of fused-ring (bicyclic) bond motifs is 1. The van der Waals surface area contributed by atoms with Gasteiger partial charge in [-0.3, -0.25) is 4.79 Å². The second-order valence-electron chi connectivity index (χ2n) is 4.71. The van der Waals surface area contributed by atoms with Crippen LogP contribution >= 0.6 is 15.9 Å². The minimum atomic E-state index is 0.00940. The van der Waals surface area contributed by atoms with Gasteiger partial charge in [-0.25, -0.2) is 0 Å². The van der Waals surface area contributed by atoms with E-state index < -0.39 is 0 Å². The minimum Gasteiger partial charge on any atom is -0.496 e. The zero-order valence-corrected chi connectivity index (χ0v) is 13.1. The number of benzene rings is 3. The molecule has 0 radical (unpaired) electrons. The molecule has 3 rings (SSSR count). The number of rotatable bonds is 3. The molecule has 0 aromatic heterocycles. The van der Waals surface area contributed by atoms with Gasteiger partial charge in [0.1, 0.15) is 5.75 Å². The topological polar surface area (TPSA) is 26.3 Å². The van der Waals surface area contributed by atoms with Gasteiger partial charge in [-0.1, -0.05) is 42.5 Å². The second-order valence-corrected chi connectivity index (χ2v) is 5.56. The van der Waals surface area contributed by atoms with E-state index in [4.69, 9.17) is 4.74 Å². The maximum absolute atomic E-state index is 12.8. The zero-order valence-electron chi connectivity index (χ0n) is 11.5. The third-order valence-corrected chi connectivity index (χ3v) is 4.07. The molecule has 3 aromatic rings. The summed E-state index contributed by atoms with van der Waals surface area (Å²) in [7, 11) is 1.60. The van der Waals surface area contributed by atoms with Crippen molar-refractivity contribution in [2.45, 2.75) is 0 Å². The first-order valence-corrected chi connectivity index (χ1v) is 7.36. The number of hydrogen-bond donors (Lipinski definition) is 0. The van der Waals surface area contributed by atoms with Gasteiger partial charge in [-0.15, -0.1) is 0 Å². The monoisotopic (exact) mass is 340 g/mol. The van der Waals surface area contributed by atoms with Crippen molar-refractivity contribution in [1.82, 2.24) is 0 Å². The third-order valence-electron chi connectivity index (χ3n) is 3.45. The SMILES string of the molecule is COc1ccc(C(=O)c2cccc3ccccc23)cc1Br. The Labute approximate surface area is 131 Å². The van der Waals surface area contributed by atoms with Gasteiger partial charge in [0.2, 0.25) is 0 Å². The number of carbonyl (C=O) groups is 1. The average Bonchev–Trinajstić information content (AvgIpc) is 2.53. The molecule has 0 N–H and O–H groups in total. The normalized spacial score (nSPS) is 10.6. The summed E-state index contributed by atoms with van der Waals surface area (Å²) in [5.41, 5.74) is 1.35. The van der Waals surface area contributed by atoms with Gasteiger partial charge in [0, 0.05) is 11.1 Å². The fourth-order valence-electron chi connectivity index (χ4n) is 2.39. The Morgan fingerprint density at radius 1 is 1.00 bits per heavy atom. The van der Waals surface area contributed by atoms with E-state index in [-0.39, 0.29) is 5.78 Å². The minimum absolute atomic E-state index is 0.00940. The maximum Gasteiger partial charge on any atom is 0.193 e. The second kappa shape index (κ2) is 5.70. The highest BCUT2D eigenvalue weighted by atomic mass is 79.9. The molecule has 0 bridgehead atoms. The maximum atomic E-state index is 12.8. The molecule has 21 heavy (non-hydrogen) atoms. The Morgan fingerprint density at radius 3 is 2.52 bits per heavy atom. The van der Waals surface area contributed by atoms with Crippen LogP contribution in [0.1, 0.15) is 15.9 Å². The standard InChI is InChI=1S/C18H13BrO2/c1-21-17-10-9-13(11-16(17)19)18(20)15-8-4-6-12-5-2-3-7-14(12)15/h2-11H,1H3. The van der Waals surface area contributed by atoms with E-state index in [9.17, 15) is 4.79 Å². The number of carbonyl (C=O) groups excluding carboxylic acids is 1. The van der Waals surface area contributed by atoms with Crippen LogP contribution in [-0.4, -0.2) is 12.9 Å². The summed E-state index contributed by atoms with van der Waals surface area (Å²) in [6.45, 7) is 0. The molecule has 0 saturated heterocycles. The predicted molar refractivity (Wildman–Crippen MR) is 88.1 cm³/mol. The van der Waals surface area contributed by atoms with Crippen LogP contribution in [0.15, 0.2) is 65.1 Å². The van der Waals surface area contributed by atoms with Crippen molar-refractivity contribution in [1.29, 1.82) is 0 Å². The number of methoxy groups -OCH3 is 1. The van der Waals surface area contributed by atoms with Crippen LogP contribution in [0.25, 0.3) is 10.8 Å². The Hall–Kier alpha value is -2.13. The molecule has 3 aromatic carbocycles. The molecule has 0 spiro atoms. The summed E-state index contributed by atoms with van der Waals surface area (Å²) in [5, 5.41) is 2.04. The lowest BCUT2D eigenvalue weighted by Crippen LogP contribution is -2.02. The molecule has 0 atom stereocenters. The van der Waals surface area contributed by atoms with Crippen molar-refractivity contribution in [2.24, 2.45) is 0 Å². The van der Waals surface area contributed by atoms with E-state index in [1.54, 1.807) is 25.3 Å². The van der Waals surface area contributed by atoms with E-state index in [0.29, 0.717) is 16.9 Å². The molecule has 0 amide bonds. The first kappa shape index (κ1) is 13.8. The fraction of sp³-hybridized carbons (Fsp3) is 0.0556. The molecule has 104 valence electrons. The van der Waals surface area contributed by atoms with Crippen molar-refractivity contribution in [3.63, 3.8) is 0 Å². The number of ether oxygens (including phenoxy) is 1. The molecule has 0 unspecified atom stereocenters. The van der Waals surface area contributed by atoms with Crippen LogP contribution in [0.2, 0.25) is 0 Å². The molecule has 0 aliphatic carbocycles. The van der Waals surface area contributed by atoms with Crippen LogP contribution in [-0.2, 0) is 0 Å². The molecule has 3 heteroatoms. The predicted octanol–water partition coefficient (Wildman–Crippen LogP) is 4.84. The molecular weight excluding hydrogens is 328 g/mol. The Kier molecular flexibility index (Phi) is 3.76. The number of ketones is 1. The highest BCUT2D eigenvalue weighted by Crippen LogP contribution is 2.28. The van der Waals surface area contributed by atoms with E-state index in [2.05, 4.69) is 15.9 Å². The zero-order chi connectivity index (χ0) is 14.8. The Morgan fingerprint density at radius 2 is 1.76 bits per heavy atom. The quantitative estimate of drug-likeness (QED) is 0.637. The van der Waals surface area contributed by atoms with Gasteiger partial charge in [0.25, 0.3) is 0 Å². The summed E-state index contributed by atoms with van der Waals surface area (Å²) < 4.78 is 5.97. The smallest absolute Gasteiger partial charge is 0.193 e. The lowest BCUT2D eigenvalue weighted by atomic mass is 9.97. The summed E-state index contributed by atoms with van der Waals surface area (Å²) in [6, 6.07) is 19.1. The van der Waals surface area contributed by atoms with Crippen LogP contribution in [0.3, 0.4) is 0 Å². The lowest BCUT2D eigenvalue weighted by molar-refractivity contribution is 0.104. The molecule has 0 saturated carbocycles. The largest absolute Gasteiger partial charge is 0.496 e. The van der Waals surface area contributed by atoms with Gasteiger partial charge >= 0.3 is 0 Å². The van der Waals surface area contributed by atoms with Gasteiger partial charge in [0.05, 0.1) is 11.6 Å². The highest BCUT2D eigenvalue weighted by Gasteiger charge is 2.13. The van der Waals surface area contributed by atoms with E-state index >= 15 is 0 Å². The van der Waals surface area contributed by atoms with E-state index in [0.717, 1.165) is 15.2 Å². The first-order valence-electron chi connectivity index (χ1n) is 6.56.